The summed E-state index contributed by atoms with van der Waals surface area (Å²) in [5.74, 6) is -1.30. The molecule has 3 aromatic rings. The zero-order valence-electron chi connectivity index (χ0n) is 20.7. The van der Waals surface area contributed by atoms with Gasteiger partial charge in [0.1, 0.15) is 59.8 Å². The van der Waals surface area contributed by atoms with Crippen molar-refractivity contribution in [2.45, 2.75) is 48.5 Å². The predicted octanol–water partition coefficient (Wildman–Crippen LogP) is -1.44. The van der Waals surface area contributed by atoms with E-state index < -0.39 is 85.3 Å². The Hall–Kier alpha value is -3.31. The van der Waals surface area contributed by atoms with Crippen LogP contribution in [-0.2, 0) is 14.2 Å². The lowest BCUT2D eigenvalue weighted by molar-refractivity contribution is -0.252. The molecule has 3 heterocycles. The van der Waals surface area contributed by atoms with E-state index in [9.17, 15) is 50.8 Å². The second-order valence-corrected chi connectivity index (χ2v) is 9.84. The largest absolute Gasteiger partial charge is 0.507 e. The summed E-state index contributed by atoms with van der Waals surface area (Å²) in [7, 11) is 0. The fraction of sp³-hybridized carbons (Fsp3) is 0.423. The van der Waals surface area contributed by atoms with Gasteiger partial charge in [-0.1, -0.05) is 6.07 Å². The van der Waals surface area contributed by atoms with Crippen LogP contribution in [-0.4, -0.2) is 108 Å². The van der Waals surface area contributed by atoms with Crippen molar-refractivity contribution in [3.63, 3.8) is 0 Å². The van der Waals surface area contributed by atoms with Gasteiger partial charge < -0.3 is 64.6 Å². The molecule has 0 aliphatic carbocycles. The second kappa shape index (κ2) is 10.6. The number of hydrogen-bond acceptors (Lipinski definition) is 14. The summed E-state index contributed by atoms with van der Waals surface area (Å²) in [6.45, 7) is -1.75. The minimum atomic E-state index is -1.96. The molecule has 2 aromatic carbocycles. The number of aromatic hydroxyl groups is 3. The molecule has 216 valence electrons. The first-order chi connectivity index (χ1) is 19.0. The van der Waals surface area contributed by atoms with E-state index >= 15 is 0 Å². The molecule has 2 fully saturated rings. The topological polar surface area (TPSA) is 240 Å². The molecule has 9 N–H and O–H groups in total. The molecule has 14 heteroatoms. The van der Waals surface area contributed by atoms with Crippen molar-refractivity contribution >= 4 is 11.0 Å². The van der Waals surface area contributed by atoms with Crippen molar-refractivity contribution < 1.29 is 64.6 Å². The predicted molar refractivity (Wildman–Crippen MR) is 132 cm³/mol. The first-order valence-electron chi connectivity index (χ1n) is 12.2. The SMILES string of the molecule is O=c1c(-c2ccc(O)c(O)c2)coc2c([C@@H]3O[C@H](CO[C@@H]4OC[C@](O)(CO)[C@H]4O)[C@@H](O)[C@H](O)[C@H]3O)c(O)ccc12. The van der Waals surface area contributed by atoms with Crippen LogP contribution in [0.15, 0.2) is 45.8 Å². The number of rotatable bonds is 6. The highest BCUT2D eigenvalue weighted by Gasteiger charge is 2.50. The number of ether oxygens (including phenoxy) is 3. The van der Waals surface area contributed by atoms with Crippen LogP contribution in [0.1, 0.15) is 11.7 Å². The fourth-order valence-electron chi connectivity index (χ4n) is 4.83. The smallest absolute Gasteiger partial charge is 0.200 e. The van der Waals surface area contributed by atoms with Gasteiger partial charge in [-0.25, -0.2) is 0 Å². The first kappa shape index (κ1) is 28.2. The van der Waals surface area contributed by atoms with Crippen LogP contribution in [0.25, 0.3) is 22.1 Å². The van der Waals surface area contributed by atoms with Crippen LogP contribution in [0.2, 0.25) is 0 Å². The molecule has 0 spiro atoms. The van der Waals surface area contributed by atoms with Crippen molar-refractivity contribution in [2.75, 3.05) is 19.8 Å². The highest BCUT2D eigenvalue weighted by Crippen LogP contribution is 2.41. The molecule has 2 aliphatic rings. The molecule has 2 saturated heterocycles. The van der Waals surface area contributed by atoms with E-state index in [0.717, 1.165) is 18.4 Å². The average molecular weight is 564 g/mol. The van der Waals surface area contributed by atoms with Gasteiger partial charge in [0.15, 0.2) is 17.8 Å². The minimum absolute atomic E-state index is 0.0178. The second-order valence-electron chi connectivity index (χ2n) is 9.84. The summed E-state index contributed by atoms with van der Waals surface area (Å²) in [5.41, 5.74) is -2.68. The Morgan fingerprint density at radius 2 is 1.68 bits per heavy atom. The third-order valence-corrected chi connectivity index (χ3v) is 7.24. The van der Waals surface area contributed by atoms with Gasteiger partial charge in [-0.3, -0.25) is 4.79 Å². The number of aliphatic hydroxyl groups is 6. The molecule has 1 aromatic heterocycles. The molecule has 2 aliphatic heterocycles. The van der Waals surface area contributed by atoms with E-state index in [1.165, 1.54) is 18.2 Å². The molecule has 0 amide bonds. The lowest BCUT2D eigenvalue weighted by Crippen LogP contribution is -2.56. The van der Waals surface area contributed by atoms with Gasteiger partial charge in [0, 0.05) is 0 Å². The van der Waals surface area contributed by atoms with Gasteiger partial charge in [0.05, 0.1) is 36.3 Å². The van der Waals surface area contributed by atoms with Gasteiger partial charge in [0.2, 0.25) is 5.43 Å². The maximum atomic E-state index is 13.3. The summed E-state index contributed by atoms with van der Waals surface area (Å²) < 4.78 is 22.0. The summed E-state index contributed by atoms with van der Waals surface area (Å²) >= 11 is 0. The number of phenols is 3. The monoisotopic (exact) mass is 564 g/mol. The standard InChI is InChI=1S/C26H28O14/c27-8-26(36)9-39-25(24(26)35)38-7-16-19(32)20(33)21(34)23(40-16)17-14(29)4-2-11-18(31)12(6-37-22(11)17)10-1-3-13(28)15(30)5-10/h1-6,16,19-21,23-25,27-30,32-36H,7-9H2/t16-,19-,20+,21-,23+,24+,25-,26-/m1/s1. The molecule has 14 nitrogen and oxygen atoms in total. The van der Waals surface area contributed by atoms with E-state index in [4.69, 9.17) is 18.6 Å². The summed E-state index contributed by atoms with van der Waals surface area (Å²) in [5, 5.41) is 91.5. The molecule has 0 saturated carbocycles. The normalized spacial score (nSPS) is 32.5. The zero-order valence-corrected chi connectivity index (χ0v) is 20.7. The van der Waals surface area contributed by atoms with Gasteiger partial charge in [-0.2, -0.15) is 0 Å². The van der Waals surface area contributed by atoms with Crippen LogP contribution in [0.5, 0.6) is 17.2 Å². The maximum absolute atomic E-state index is 13.3. The van der Waals surface area contributed by atoms with Gasteiger partial charge in [-0.05, 0) is 29.8 Å². The minimum Gasteiger partial charge on any atom is -0.507 e. The quantitative estimate of drug-likeness (QED) is 0.156. The van der Waals surface area contributed by atoms with Crippen molar-refractivity contribution in [1.82, 2.24) is 0 Å². The van der Waals surface area contributed by atoms with Crippen LogP contribution in [0.3, 0.4) is 0 Å². The maximum Gasteiger partial charge on any atom is 0.200 e. The Morgan fingerprint density at radius 1 is 0.950 bits per heavy atom. The van der Waals surface area contributed by atoms with Crippen molar-refractivity contribution in [3.8, 4) is 28.4 Å². The Balaban J connectivity index is 1.46. The van der Waals surface area contributed by atoms with E-state index in [0.29, 0.717) is 0 Å². The molecule has 40 heavy (non-hydrogen) atoms. The summed E-state index contributed by atoms with van der Waals surface area (Å²) in [6, 6.07) is 6.17. The third-order valence-electron chi connectivity index (χ3n) is 7.24. The molecule has 0 unspecified atom stereocenters. The Bertz CT molecular complexity index is 1460. The Labute approximate surface area is 225 Å². The average Bonchev–Trinajstić information content (AvgIpc) is 3.23. The Morgan fingerprint density at radius 3 is 2.35 bits per heavy atom. The number of benzene rings is 2. The molecule has 0 radical (unpaired) electrons. The highest BCUT2D eigenvalue weighted by atomic mass is 16.7. The van der Waals surface area contributed by atoms with Crippen molar-refractivity contribution in [1.29, 1.82) is 0 Å². The van der Waals surface area contributed by atoms with E-state index in [1.54, 1.807) is 0 Å². The van der Waals surface area contributed by atoms with Gasteiger partial charge in [0.25, 0.3) is 0 Å². The number of aliphatic hydroxyl groups excluding tert-OH is 5. The summed E-state index contributed by atoms with van der Waals surface area (Å²) in [6.07, 6.45) is -10.2. The third kappa shape index (κ3) is 4.68. The van der Waals surface area contributed by atoms with Crippen LogP contribution in [0.4, 0.5) is 0 Å². The van der Waals surface area contributed by atoms with Crippen LogP contribution in [0, 0.1) is 0 Å². The van der Waals surface area contributed by atoms with Crippen molar-refractivity contribution in [2.24, 2.45) is 0 Å². The first-order valence-corrected chi connectivity index (χ1v) is 12.2. The number of hydrogen-bond donors (Lipinski definition) is 9. The van der Waals surface area contributed by atoms with Crippen LogP contribution < -0.4 is 5.43 Å². The molecular formula is C26H28O14. The van der Waals surface area contributed by atoms with E-state index in [-0.39, 0.29) is 33.4 Å². The molecule has 0 bridgehead atoms. The van der Waals surface area contributed by atoms with Gasteiger partial charge >= 0.3 is 0 Å². The lowest BCUT2D eigenvalue weighted by atomic mass is 9.89. The highest BCUT2D eigenvalue weighted by molar-refractivity contribution is 5.86. The van der Waals surface area contributed by atoms with Gasteiger partial charge in [-0.15, -0.1) is 0 Å². The van der Waals surface area contributed by atoms with E-state index in [1.807, 2.05) is 0 Å². The lowest BCUT2D eigenvalue weighted by Gasteiger charge is -2.41. The number of phenolic OH excluding ortho intramolecular Hbond substituents is 3. The van der Waals surface area contributed by atoms with Crippen molar-refractivity contribution in [3.05, 3.63) is 52.4 Å². The zero-order chi connectivity index (χ0) is 28.9. The number of fused-ring (bicyclic) bond motifs is 1. The molecule has 8 atom stereocenters. The van der Waals surface area contributed by atoms with Crippen LogP contribution >= 0.6 is 0 Å². The van der Waals surface area contributed by atoms with E-state index in [2.05, 4.69) is 0 Å². The fourth-order valence-corrected chi connectivity index (χ4v) is 4.83. The molecule has 5 rings (SSSR count). The molecular weight excluding hydrogens is 536 g/mol. The summed E-state index contributed by atoms with van der Waals surface area (Å²) in [4.78, 5) is 13.3. The Kier molecular flexibility index (Phi) is 7.47.